The fourth-order valence-electron chi connectivity index (χ4n) is 6.36. The average molecular weight is 494 g/mol. The number of ether oxygens (including phenoxy) is 1. The molecule has 0 N–H and O–H groups in total. The van der Waals surface area contributed by atoms with Gasteiger partial charge in [0.2, 0.25) is 0 Å². The molecule has 5 heteroatoms. The average Bonchev–Trinajstić information content (AvgIpc) is 2.88. The zero-order chi connectivity index (χ0) is 25.5. The Morgan fingerprint density at radius 1 is 0.944 bits per heavy atom. The van der Waals surface area contributed by atoms with Gasteiger partial charge in [-0.15, -0.1) is 0 Å². The summed E-state index contributed by atoms with van der Waals surface area (Å²) >= 11 is 0. The lowest BCUT2D eigenvalue weighted by Crippen LogP contribution is -2.30. The predicted octanol–water partition coefficient (Wildman–Crippen LogP) is 8.72. The number of unbranched alkanes of at least 4 members (excludes halogenated alkanes) is 4. The Labute approximate surface area is 213 Å². The summed E-state index contributed by atoms with van der Waals surface area (Å²) in [6, 6.07) is 10.6. The van der Waals surface area contributed by atoms with E-state index in [1.54, 1.807) is 12.1 Å². The maximum absolute atomic E-state index is 13.8. The van der Waals surface area contributed by atoms with E-state index in [1.807, 2.05) is 12.1 Å². The zero-order valence-electron chi connectivity index (χ0n) is 21.3. The van der Waals surface area contributed by atoms with Crippen LogP contribution in [0.3, 0.4) is 0 Å². The molecule has 2 saturated carbocycles. The number of fused-ring (bicyclic) bond motifs is 1. The van der Waals surface area contributed by atoms with Crippen molar-refractivity contribution in [3.8, 4) is 11.8 Å². The summed E-state index contributed by atoms with van der Waals surface area (Å²) in [5.41, 5.74) is 0.889. The van der Waals surface area contributed by atoms with Gasteiger partial charge < -0.3 is 4.74 Å². The second-order valence-corrected chi connectivity index (χ2v) is 10.8. The predicted molar refractivity (Wildman–Crippen MR) is 137 cm³/mol. The minimum Gasteiger partial charge on any atom is -0.423 e. The number of hydrogen-bond donors (Lipinski definition) is 0. The van der Waals surface area contributed by atoms with Crippen molar-refractivity contribution in [1.29, 1.82) is 5.26 Å². The molecule has 2 aromatic rings. The molecule has 0 radical (unpaired) electrons. The van der Waals surface area contributed by atoms with E-state index in [-0.39, 0.29) is 5.75 Å². The van der Waals surface area contributed by atoms with E-state index >= 15 is 0 Å². The van der Waals surface area contributed by atoms with Gasteiger partial charge in [0, 0.05) is 12.1 Å². The van der Waals surface area contributed by atoms with E-state index in [1.165, 1.54) is 88.7 Å². The zero-order valence-corrected chi connectivity index (χ0v) is 21.3. The van der Waals surface area contributed by atoms with Crippen LogP contribution >= 0.6 is 0 Å². The molecule has 3 nitrogen and oxygen atoms in total. The van der Waals surface area contributed by atoms with Crippen LogP contribution in [-0.2, 0) is 0 Å². The molecule has 0 saturated heterocycles. The number of nitrogens with zero attached hydrogens (tertiary/aromatic N) is 1. The van der Waals surface area contributed by atoms with Crippen molar-refractivity contribution < 1.29 is 18.3 Å². The largest absolute Gasteiger partial charge is 0.423 e. The molecule has 4 rings (SSSR count). The first-order valence-corrected chi connectivity index (χ1v) is 13.7. The molecule has 192 valence electrons. The Bertz CT molecular complexity index is 1050. The van der Waals surface area contributed by atoms with Gasteiger partial charge in [0.25, 0.3) is 0 Å². The maximum Gasteiger partial charge on any atom is 0.343 e. The highest BCUT2D eigenvalue weighted by Crippen LogP contribution is 2.48. The molecule has 4 atom stereocenters. The van der Waals surface area contributed by atoms with Crippen LogP contribution in [0.4, 0.5) is 8.78 Å². The highest BCUT2D eigenvalue weighted by molar-refractivity contribution is 5.91. The lowest BCUT2D eigenvalue weighted by Gasteiger charge is -2.42. The topological polar surface area (TPSA) is 50.1 Å². The molecule has 0 aliphatic heterocycles. The lowest BCUT2D eigenvalue weighted by atomic mass is 9.63. The van der Waals surface area contributed by atoms with E-state index in [9.17, 15) is 13.6 Å². The Balaban J connectivity index is 1.28. The molecule has 0 spiro atoms. The molecule has 0 aromatic heterocycles. The third-order valence-electron chi connectivity index (χ3n) is 8.39. The molecule has 2 aliphatic carbocycles. The number of hydrogen-bond acceptors (Lipinski definition) is 3. The molecule has 1 unspecified atom stereocenters. The number of carbonyl (C=O) groups is 1. The molecule has 2 aliphatic rings. The number of rotatable bonds is 9. The number of esters is 1. The molecule has 0 bridgehead atoms. The van der Waals surface area contributed by atoms with Crippen molar-refractivity contribution in [3.05, 3.63) is 64.7 Å². The van der Waals surface area contributed by atoms with Gasteiger partial charge in [0.15, 0.2) is 0 Å². The van der Waals surface area contributed by atoms with E-state index in [4.69, 9.17) is 10.00 Å². The van der Waals surface area contributed by atoms with Gasteiger partial charge in [-0.25, -0.2) is 13.6 Å². The van der Waals surface area contributed by atoms with Crippen molar-refractivity contribution in [2.24, 2.45) is 17.8 Å². The SMILES string of the molecule is CCCCCCC[C@H]1CC[C@@H]2CC(c3ccc(C(=O)Oc4cc(F)c(C#N)c(F)c4)cc3)CC[C@H]2C1. The Morgan fingerprint density at radius 2 is 1.61 bits per heavy atom. The molecule has 0 amide bonds. The van der Waals surface area contributed by atoms with Gasteiger partial charge in [-0.3, -0.25) is 0 Å². The monoisotopic (exact) mass is 493 g/mol. The molecule has 36 heavy (non-hydrogen) atoms. The van der Waals surface area contributed by atoms with E-state index in [0.717, 1.165) is 29.9 Å². The number of nitriles is 1. The van der Waals surface area contributed by atoms with Gasteiger partial charge in [0.1, 0.15) is 29.0 Å². The smallest absolute Gasteiger partial charge is 0.343 e. The quantitative estimate of drug-likeness (QED) is 0.199. The summed E-state index contributed by atoms with van der Waals surface area (Å²) in [7, 11) is 0. The van der Waals surface area contributed by atoms with Crippen molar-refractivity contribution in [3.63, 3.8) is 0 Å². The van der Waals surface area contributed by atoms with Crippen LogP contribution in [0.2, 0.25) is 0 Å². The van der Waals surface area contributed by atoms with Crippen LogP contribution in [0, 0.1) is 40.7 Å². The molecule has 2 fully saturated rings. The second-order valence-electron chi connectivity index (χ2n) is 10.8. The first kappa shape index (κ1) is 26.3. The maximum atomic E-state index is 13.8. The fraction of sp³-hybridized carbons (Fsp3) is 0.548. The Kier molecular flexibility index (Phi) is 9.13. The summed E-state index contributed by atoms with van der Waals surface area (Å²) in [4.78, 5) is 12.5. The summed E-state index contributed by atoms with van der Waals surface area (Å²) < 4.78 is 32.8. The van der Waals surface area contributed by atoms with Crippen LogP contribution in [-0.4, -0.2) is 5.97 Å². The van der Waals surface area contributed by atoms with Crippen molar-refractivity contribution >= 4 is 5.97 Å². The van der Waals surface area contributed by atoms with Gasteiger partial charge in [-0.1, -0.05) is 64.0 Å². The van der Waals surface area contributed by atoms with Crippen LogP contribution in [0.5, 0.6) is 5.75 Å². The van der Waals surface area contributed by atoms with Crippen molar-refractivity contribution in [2.45, 2.75) is 89.9 Å². The van der Waals surface area contributed by atoms with E-state index < -0.39 is 23.2 Å². The molecular weight excluding hydrogens is 456 g/mol. The Morgan fingerprint density at radius 3 is 2.31 bits per heavy atom. The molecule has 2 aromatic carbocycles. The third-order valence-corrected chi connectivity index (χ3v) is 8.39. The van der Waals surface area contributed by atoms with Gasteiger partial charge in [0.05, 0.1) is 5.56 Å². The highest BCUT2D eigenvalue weighted by atomic mass is 19.1. The number of benzene rings is 2. The van der Waals surface area contributed by atoms with Crippen molar-refractivity contribution in [2.75, 3.05) is 0 Å². The summed E-state index contributed by atoms with van der Waals surface area (Å²) in [5, 5.41) is 8.78. The lowest BCUT2D eigenvalue weighted by molar-refractivity contribution is 0.0734. The highest BCUT2D eigenvalue weighted by Gasteiger charge is 2.35. The summed E-state index contributed by atoms with van der Waals surface area (Å²) in [6.45, 7) is 2.27. The fourth-order valence-corrected chi connectivity index (χ4v) is 6.36. The van der Waals surface area contributed by atoms with Crippen LogP contribution in [0.25, 0.3) is 0 Å². The summed E-state index contributed by atoms with van der Waals surface area (Å²) in [5.74, 6) is 0.0923. The van der Waals surface area contributed by atoms with Gasteiger partial charge in [-0.2, -0.15) is 5.26 Å². The standard InChI is InChI=1S/C31H37F2NO2/c1-2-3-4-5-6-7-21-8-9-26-17-25(15-14-24(26)16-21)22-10-12-23(13-11-22)31(35)36-27-18-29(32)28(20-34)30(33)19-27/h10-13,18-19,21,24-26H,2-9,14-17H2,1H3/t21-,24-,25?,26+/m0/s1. The second kappa shape index (κ2) is 12.5. The van der Waals surface area contributed by atoms with Crippen LogP contribution < -0.4 is 4.74 Å². The van der Waals surface area contributed by atoms with Crippen molar-refractivity contribution in [1.82, 2.24) is 0 Å². The Hall–Kier alpha value is -2.74. The first-order valence-electron chi connectivity index (χ1n) is 13.7. The first-order chi connectivity index (χ1) is 17.5. The minimum absolute atomic E-state index is 0.257. The third kappa shape index (κ3) is 6.52. The normalized spacial score (nSPS) is 23.5. The molecule has 0 heterocycles. The molecular formula is C31H37F2NO2. The van der Waals surface area contributed by atoms with Gasteiger partial charge >= 0.3 is 5.97 Å². The van der Waals surface area contributed by atoms with Crippen LogP contribution in [0.15, 0.2) is 36.4 Å². The number of halogens is 2. The van der Waals surface area contributed by atoms with Crippen LogP contribution in [0.1, 0.15) is 111 Å². The van der Waals surface area contributed by atoms with Gasteiger partial charge in [-0.05, 0) is 73.5 Å². The number of carbonyl (C=O) groups excluding carboxylic acids is 1. The summed E-state index contributed by atoms with van der Waals surface area (Å²) in [6.07, 6.45) is 16.1. The van der Waals surface area contributed by atoms with E-state index in [0.29, 0.717) is 11.5 Å². The minimum atomic E-state index is -1.05. The van der Waals surface area contributed by atoms with E-state index in [2.05, 4.69) is 6.92 Å².